The molecule has 25 heavy (non-hydrogen) atoms. The van der Waals surface area contributed by atoms with Crippen LogP contribution in [0.15, 0.2) is 11.1 Å². The molecule has 3 N–H and O–H groups in total. The lowest BCUT2D eigenvalue weighted by Crippen LogP contribution is -2.42. The van der Waals surface area contributed by atoms with Crippen LogP contribution in [0.3, 0.4) is 0 Å². The number of hydrogen-bond donors (Lipinski definition) is 3. The minimum absolute atomic E-state index is 0. The number of halogens is 1. The van der Waals surface area contributed by atoms with Crippen LogP contribution < -0.4 is 16.0 Å². The van der Waals surface area contributed by atoms with Crippen molar-refractivity contribution in [3.63, 3.8) is 0 Å². The van der Waals surface area contributed by atoms with Crippen LogP contribution in [-0.2, 0) is 11.3 Å². The summed E-state index contributed by atoms with van der Waals surface area (Å²) in [5.74, 6) is 0.870. The molecular formula is C17H33IN6O. The van der Waals surface area contributed by atoms with Gasteiger partial charge in [-0.05, 0) is 33.3 Å². The molecule has 0 unspecified atom stereocenters. The number of amides is 1. The molecule has 1 amide bonds. The van der Waals surface area contributed by atoms with E-state index in [0.717, 1.165) is 37.7 Å². The van der Waals surface area contributed by atoms with Gasteiger partial charge < -0.3 is 16.0 Å². The van der Waals surface area contributed by atoms with Crippen LogP contribution in [0.25, 0.3) is 0 Å². The van der Waals surface area contributed by atoms with Gasteiger partial charge >= 0.3 is 0 Å². The first kappa shape index (κ1) is 23.7. The van der Waals surface area contributed by atoms with Crippen molar-refractivity contribution in [2.75, 3.05) is 26.2 Å². The number of nitrogens with zero attached hydrogens (tertiary/aromatic N) is 3. The van der Waals surface area contributed by atoms with E-state index in [1.165, 1.54) is 5.69 Å². The predicted molar refractivity (Wildman–Crippen MR) is 114 cm³/mol. The van der Waals surface area contributed by atoms with E-state index in [4.69, 9.17) is 0 Å². The molecule has 0 saturated carbocycles. The highest BCUT2D eigenvalue weighted by molar-refractivity contribution is 14.0. The van der Waals surface area contributed by atoms with Gasteiger partial charge in [0, 0.05) is 44.3 Å². The van der Waals surface area contributed by atoms with Crippen molar-refractivity contribution in [1.82, 2.24) is 25.7 Å². The van der Waals surface area contributed by atoms with Gasteiger partial charge in [0.05, 0.1) is 5.69 Å². The molecule has 1 rings (SSSR count). The Bertz CT molecular complexity index is 541. The third-order valence-corrected chi connectivity index (χ3v) is 3.49. The van der Waals surface area contributed by atoms with E-state index in [2.05, 4.69) is 39.0 Å². The summed E-state index contributed by atoms with van der Waals surface area (Å²) in [6.45, 7) is 13.5. The average molecular weight is 464 g/mol. The lowest BCUT2D eigenvalue weighted by atomic mass is 10.2. The number of aliphatic imine (C=N–C) groups is 1. The summed E-state index contributed by atoms with van der Waals surface area (Å²) >= 11 is 0. The van der Waals surface area contributed by atoms with E-state index in [0.29, 0.717) is 13.1 Å². The van der Waals surface area contributed by atoms with Crippen molar-refractivity contribution in [3.8, 4) is 0 Å². The highest BCUT2D eigenvalue weighted by Gasteiger charge is 2.05. The third-order valence-electron chi connectivity index (χ3n) is 3.49. The van der Waals surface area contributed by atoms with Gasteiger partial charge in [-0.25, -0.2) is 0 Å². The summed E-state index contributed by atoms with van der Waals surface area (Å²) in [6.07, 6.45) is 0.933. The van der Waals surface area contributed by atoms with Crippen LogP contribution in [0, 0.1) is 19.8 Å². The molecule has 0 aliphatic carbocycles. The van der Waals surface area contributed by atoms with Gasteiger partial charge in [0.25, 0.3) is 0 Å². The second kappa shape index (κ2) is 13.0. The van der Waals surface area contributed by atoms with Crippen LogP contribution in [0.5, 0.6) is 0 Å². The Kier molecular flexibility index (Phi) is 12.3. The van der Waals surface area contributed by atoms with Crippen LogP contribution in [-0.4, -0.2) is 47.8 Å². The van der Waals surface area contributed by atoms with Crippen molar-refractivity contribution in [3.05, 3.63) is 17.5 Å². The Morgan fingerprint density at radius 3 is 2.48 bits per heavy atom. The minimum atomic E-state index is 0. The SMILES string of the molecule is CCNC(=NCCCn1nc(C)cc1C)NCCNC(=O)C(C)C.I. The Morgan fingerprint density at radius 1 is 1.24 bits per heavy atom. The summed E-state index contributed by atoms with van der Waals surface area (Å²) in [5, 5.41) is 13.8. The fourth-order valence-corrected chi connectivity index (χ4v) is 2.23. The molecule has 7 nitrogen and oxygen atoms in total. The van der Waals surface area contributed by atoms with E-state index < -0.39 is 0 Å². The van der Waals surface area contributed by atoms with E-state index in [9.17, 15) is 4.79 Å². The van der Waals surface area contributed by atoms with Gasteiger partial charge in [-0.1, -0.05) is 13.8 Å². The average Bonchev–Trinajstić information content (AvgIpc) is 2.85. The molecule has 0 saturated heterocycles. The van der Waals surface area contributed by atoms with E-state index in [1.54, 1.807) is 0 Å². The molecule has 1 aromatic heterocycles. The predicted octanol–water partition coefficient (Wildman–Crippen LogP) is 1.84. The molecule has 1 aromatic rings. The summed E-state index contributed by atoms with van der Waals surface area (Å²) < 4.78 is 2.02. The maximum atomic E-state index is 11.5. The fraction of sp³-hybridized carbons (Fsp3) is 0.706. The standard InChI is InChI=1S/C17H32N6O.HI/c1-6-18-17(21-10-9-19-16(24)13(2)3)20-8-7-11-23-15(5)12-14(4)22-23;/h12-13H,6-11H2,1-5H3,(H,19,24)(H2,18,20,21);1H. The first-order chi connectivity index (χ1) is 11.4. The van der Waals surface area contributed by atoms with Gasteiger partial charge in [-0.15, -0.1) is 24.0 Å². The van der Waals surface area contributed by atoms with Gasteiger partial charge in [0.2, 0.25) is 5.91 Å². The number of carbonyl (C=O) groups excluding carboxylic acids is 1. The second-order valence-electron chi connectivity index (χ2n) is 6.14. The van der Waals surface area contributed by atoms with Gasteiger partial charge in [0.15, 0.2) is 5.96 Å². The Balaban J connectivity index is 0.00000576. The zero-order valence-corrected chi connectivity index (χ0v) is 18.4. The molecule has 0 aliphatic heterocycles. The Morgan fingerprint density at radius 2 is 1.92 bits per heavy atom. The van der Waals surface area contributed by atoms with E-state index >= 15 is 0 Å². The topological polar surface area (TPSA) is 83.3 Å². The summed E-state index contributed by atoms with van der Waals surface area (Å²) in [7, 11) is 0. The summed E-state index contributed by atoms with van der Waals surface area (Å²) in [6, 6.07) is 2.08. The van der Waals surface area contributed by atoms with Gasteiger partial charge in [-0.3, -0.25) is 14.5 Å². The third kappa shape index (κ3) is 9.66. The molecule has 1 heterocycles. The lowest BCUT2D eigenvalue weighted by Gasteiger charge is -2.12. The Labute approximate surface area is 168 Å². The normalized spacial score (nSPS) is 11.2. The van der Waals surface area contributed by atoms with E-state index in [-0.39, 0.29) is 35.8 Å². The highest BCUT2D eigenvalue weighted by atomic mass is 127. The molecule has 0 bridgehead atoms. The molecule has 0 spiro atoms. The quantitative estimate of drug-likeness (QED) is 0.226. The van der Waals surface area contributed by atoms with E-state index in [1.807, 2.05) is 32.4 Å². The molecule has 0 radical (unpaired) electrons. The maximum absolute atomic E-state index is 11.5. The van der Waals surface area contributed by atoms with Gasteiger partial charge in [0.1, 0.15) is 0 Å². The van der Waals surface area contributed by atoms with Crippen molar-refractivity contribution < 1.29 is 4.79 Å². The first-order valence-corrected chi connectivity index (χ1v) is 8.75. The number of aryl methyl sites for hydroxylation is 3. The monoisotopic (exact) mass is 464 g/mol. The largest absolute Gasteiger partial charge is 0.357 e. The number of aromatic nitrogens is 2. The molecule has 144 valence electrons. The second-order valence-corrected chi connectivity index (χ2v) is 6.14. The molecule has 0 aromatic carbocycles. The Hall–Kier alpha value is -1.32. The molecule has 0 atom stereocenters. The number of rotatable bonds is 9. The smallest absolute Gasteiger partial charge is 0.222 e. The van der Waals surface area contributed by atoms with Crippen molar-refractivity contribution in [2.45, 2.75) is 47.6 Å². The number of hydrogen-bond acceptors (Lipinski definition) is 3. The number of carbonyl (C=O) groups is 1. The maximum Gasteiger partial charge on any atom is 0.222 e. The van der Waals surface area contributed by atoms with Crippen LogP contribution in [0.2, 0.25) is 0 Å². The lowest BCUT2D eigenvalue weighted by molar-refractivity contribution is -0.123. The highest BCUT2D eigenvalue weighted by Crippen LogP contribution is 2.02. The van der Waals surface area contributed by atoms with Crippen molar-refractivity contribution in [1.29, 1.82) is 0 Å². The van der Waals surface area contributed by atoms with Crippen molar-refractivity contribution in [2.24, 2.45) is 10.9 Å². The molecule has 0 aliphatic rings. The molecular weight excluding hydrogens is 431 g/mol. The van der Waals surface area contributed by atoms with Crippen molar-refractivity contribution >= 4 is 35.8 Å². The summed E-state index contributed by atoms with van der Waals surface area (Å²) in [4.78, 5) is 16.1. The van der Waals surface area contributed by atoms with Crippen LogP contribution in [0.4, 0.5) is 0 Å². The zero-order valence-electron chi connectivity index (χ0n) is 16.1. The molecule has 0 fully saturated rings. The number of nitrogens with one attached hydrogen (secondary N) is 3. The minimum Gasteiger partial charge on any atom is -0.357 e. The van der Waals surface area contributed by atoms with Crippen LogP contribution in [0.1, 0.15) is 38.6 Å². The van der Waals surface area contributed by atoms with Gasteiger partial charge in [-0.2, -0.15) is 5.10 Å². The first-order valence-electron chi connectivity index (χ1n) is 8.75. The molecule has 8 heteroatoms. The zero-order chi connectivity index (χ0) is 17.9. The summed E-state index contributed by atoms with van der Waals surface area (Å²) in [5.41, 5.74) is 2.23. The number of guanidine groups is 1. The van der Waals surface area contributed by atoms with Crippen LogP contribution >= 0.6 is 24.0 Å². The fourth-order valence-electron chi connectivity index (χ4n) is 2.23.